The number of sulfone groups is 1. The zero-order valence-electron chi connectivity index (χ0n) is 17.3. The van der Waals surface area contributed by atoms with E-state index >= 15 is 0 Å². The molecule has 30 heavy (non-hydrogen) atoms. The summed E-state index contributed by atoms with van der Waals surface area (Å²) < 4.78 is 23.4. The van der Waals surface area contributed by atoms with Gasteiger partial charge in [0.1, 0.15) is 0 Å². The molecule has 160 valence electrons. The minimum absolute atomic E-state index is 0.00175. The summed E-state index contributed by atoms with van der Waals surface area (Å²) in [5, 5.41) is 5.26. The number of thiazole rings is 1. The number of hydrogen-bond donors (Lipinski definition) is 1. The molecule has 3 heterocycles. The van der Waals surface area contributed by atoms with Gasteiger partial charge in [-0.2, -0.15) is 0 Å². The van der Waals surface area contributed by atoms with Crippen LogP contribution >= 0.6 is 11.3 Å². The molecule has 0 radical (unpaired) electrons. The molecule has 0 saturated carbocycles. The van der Waals surface area contributed by atoms with Gasteiger partial charge >= 0.3 is 0 Å². The lowest BCUT2D eigenvalue weighted by Gasteiger charge is -2.22. The Hall–Kier alpha value is -2.26. The van der Waals surface area contributed by atoms with Gasteiger partial charge in [0.2, 0.25) is 11.8 Å². The molecule has 2 saturated heterocycles. The summed E-state index contributed by atoms with van der Waals surface area (Å²) in [5.41, 5.74) is 5.40. The third kappa shape index (κ3) is 4.13. The van der Waals surface area contributed by atoms with Crippen molar-refractivity contribution < 1.29 is 18.0 Å². The van der Waals surface area contributed by atoms with E-state index in [2.05, 4.69) is 36.3 Å². The highest BCUT2D eigenvalue weighted by molar-refractivity contribution is 7.91. The lowest BCUT2D eigenvalue weighted by Crippen LogP contribution is -2.38. The number of rotatable bonds is 4. The summed E-state index contributed by atoms with van der Waals surface area (Å²) in [6.07, 6.45) is 0.560. The lowest BCUT2D eigenvalue weighted by atomic mass is 9.99. The highest BCUT2D eigenvalue weighted by Gasteiger charge is 2.42. The number of benzene rings is 1. The number of likely N-dealkylation sites (tertiary alicyclic amines) is 1. The summed E-state index contributed by atoms with van der Waals surface area (Å²) in [7, 11) is -3.08. The monoisotopic (exact) mass is 447 g/mol. The molecule has 7 nitrogen and oxygen atoms in total. The van der Waals surface area contributed by atoms with E-state index < -0.39 is 15.8 Å². The highest BCUT2D eigenvalue weighted by Crippen LogP contribution is 2.31. The number of anilines is 1. The van der Waals surface area contributed by atoms with Crippen LogP contribution in [0.3, 0.4) is 0 Å². The Morgan fingerprint density at radius 1 is 1.20 bits per heavy atom. The number of aryl methyl sites for hydroxylation is 3. The molecule has 1 aromatic carbocycles. The summed E-state index contributed by atoms with van der Waals surface area (Å²) in [6, 6.07) is 3.93. The quantitative estimate of drug-likeness (QED) is 0.777. The molecule has 2 atom stereocenters. The first kappa shape index (κ1) is 21.0. The fourth-order valence-electron chi connectivity index (χ4n) is 4.18. The second kappa shape index (κ2) is 7.77. The van der Waals surface area contributed by atoms with Gasteiger partial charge in [0.15, 0.2) is 15.0 Å². The maximum Gasteiger partial charge on any atom is 0.231 e. The van der Waals surface area contributed by atoms with Gasteiger partial charge in [0, 0.05) is 30.0 Å². The van der Waals surface area contributed by atoms with E-state index in [1.54, 1.807) is 4.90 Å². The van der Waals surface area contributed by atoms with Crippen LogP contribution in [0.5, 0.6) is 0 Å². The van der Waals surface area contributed by atoms with Crippen LogP contribution in [0.15, 0.2) is 17.5 Å². The standard InChI is InChI=1S/C21H25N3O4S2/c1-12-6-14(3)17(7-13(12)2)18-10-29-21(22-18)23-20(26)15-8-19(25)24(9-15)16-4-5-30(27,28)11-16/h6-7,10,15-16H,4-5,8-9,11H2,1-3H3,(H,22,23,26). The molecule has 0 bridgehead atoms. The van der Waals surface area contributed by atoms with E-state index in [0.717, 1.165) is 16.8 Å². The SMILES string of the molecule is Cc1cc(C)c(-c2csc(NC(=O)C3CC(=O)N(C4CCS(=O)(=O)C4)C3)n2)cc1C. The molecule has 2 aromatic rings. The topological polar surface area (TPSA) is 96.4 Å². The number of hydrogen-bond acceptors (Lipinski definition) is 6. The van der Waals surface area contributed by atoms with Gasteiger partial charge in [-0.1, -0.05) is 6.07 Å². The lowest BCUT2D eigenvalue weighted by molar-refractivity contribution is -0.129. The fraction of sp³-hybridized carbons (Fsp3) is 0.476. The van der Waals surface area contributed by atoms with Gasteiger partial charge in [0.25, 0.3) is 0 Å². The van der Waals surface area contributed by atoms with Gasteiger partial charge in [-0.15, -0.1) is 11.3 Å². The van der Waals surface area contributed by atoms with E-state index in [9.17, 15) is 18.0 Å². The third-order valence-corrected chi connectivity index (χ3v) is 8.54. The Morgan fingerprint density at radius 2 is 1.93 bits per heavy atom. The molecule has 2 fully saturated rings. The van der Waals surface area contributed by atoms with Crippen molar-refractivity contribution >= 4 is 38.1 Å². The average Bonchev–Trinajstić information content (AvgIpc) is 3.37. The van der Waals surface area contributed by atoms with Crippen molar-refractivity contribution in [3.8, 4) is 11.3 Å². The van der Waals surface area contributed by atoms with Crippen LogP contribution in [0.4, 0.5) is 5.13 Å². The van der Waals surface area contributed by atoms with Gasteiger partial charge in [-0.05, 0) is 49.9 Å². The van der Waals surface area contributed by atoms with Crippen LogP contribution in [0.1, 0.15) is 29.5 Å². The molecule has 1 N–H and O–H groups in total. The zero-order chi connectivity index (χ0) is 21.6. The summed E-state index contributed by atoms with van der Waals surface area (Å²) in [4.78, 5) is 31.2. The molecule has 0 spiro atoms. The Morgan fingerprint density at radius 3 is 2.63 bits per heavy atom. The van der Waals surface area contributed by atoms with Gasteiger partial charge in [-0.25, -0.2) is 13.4 Å². The smallest absolute Gasteiger partial charge is 0.231 e. The Labute approximate surface area is 180 Å². The van der Waals surface area contributed by atoms with E-state index in [1.807, 2.05) is 12.3 Å². The van der Waals surface area contributed by atoms with Crippen LogP contribution in [0, 0.1) is 26.7 Å². The second-order valence-electron chi connectivity index (χ2n) is 8.28. The molecule has 0 aliphatic carbocycles. The first-order valence-corrected chi connectivity index (χ1v) is 12.7. The van der Waals surface area contributed by atoms with Crippen molar-refractivity contribution in [3.05, 3.63) is 34.2 Å². The van der Waals surface area contributed by atoms with Crippen LogP contribution < -0.4 is 5.32 Å². The van der Waals surface area contributed by atoms with Crippen LogP contribution in [0.25, 0.3) is 11.3 Å². The van der Waals surface area contributed by atoms with E-state index in [4.69, 9.17) is 0 Å². The number of carbonyl (C=O) groups is 2. The molecular weight excluding hydrogens is 422 g/mol. The summed E-state index contributed by atoms with van der Waals surface area (Å²) in [6.45, 7) is 6.44. The second-order valence-corrected chi connectivity index (χ2v) is 11.4. The van der Waals surface area contributed by atoms with Crippen LogP contribution in [-0.2, 0) is 19.4 Å². The summed E-state index contributed by atoms with van der Waals surface area (Å²) in [5.74, 6) is -0.778. The van der Waals surface area contributed by atoms with E-state index in [-0.39, 0.29) is 42.3 Å². The van der Waals surface area contributed by atoms with Crippen LogP contribution in [-0.4, -0.2) is 54.2 Å². The molecule has 2 aliphatic heterocycles. The van der Waals surface area contributed by atoms with Crippen molar-refractivity contribution in [3.63, 3.8) is 0 Å². The molecule has 1 aromatic heterocycles. The number of nitrogens with one attached hydrogen (secondary N) is 1. The molecule has 9 heteroatoms. The highest BCUT2D eigenvalue weighted by atomic mass is 32.2. The van der Waals surface area contributed by atoms with E-state index in [1.165, 1.54) is 22.5 Å². The van der Waals surface area contributed by atoms with Crippen molar-refractivity contribution in [1.29, 1.82) is 0 Å². The normalized spacial score (nSPS) is 23.2. The van der Waals surface area contributed by atoms with Crippen LogP contribution in [0.2, 0.25) is 0 Å². The molecule has 2 amide bonds. The van der Waals surface area contributed by atoms with Crippen molar-refractivity contribution in [2.75, 3.05) is 23.4 Å². The maximum absolute atomic E-state index is 12.7. The Balaban J connectivity index is 1.43. The first-order valence-electron chi connectivity index (χ1n) is 9.97. The maximum atomic E-state index is 12.7. The number of nitrogens with zero attached hydrogens (tertiary/aromatic N) is 2. The number of aromatic nitrogens is 1. The fourth-order valence-corrected chi connectivity index (χ4v) is 6.62. The van der Waals surface area contributed by atoms with Crippen molar-refractivity contribution in [2.45, 2.75) is 39.7 Å². The molecular formula is C21H25N3O4S2. The van der Waals surface area contributed by atoms with E-state index in [0.29, 0.717) is 11.6 Å². The Kier molecular flexibility index (Phi) is 5.44. The minimum atomic E-state index is -3.08. The van der Waals surface area contributed by atoms with Crippen molar-refractivity contribution in [2.24, 2.45) is 5.92 Å². The molecule has 4 rings (SSSR count). The van der Waals surface area contributed by atoms with Gasteiger partial charge < -0.3 is 10.2 Å². The molecule has 2 unspecified atom stereocenters. The Bertz CT molecular complexity index is 1120. The molecule has 2 aliphatic rings. The largest absolute Gasteiger partial charge is 0.338 e. The van der Waals surface area contributed by atoms with Crippen molar-refractivity contribution in [1.82, 2.24) is 9.88 Å². The minimum Gasteiger partial charge on any atom is -0.338 e. The predicted molar refractivity (Wildman–Crippen MR) is 117 cm³/mol. The van der Waals surface area contributed by atoms with Gasteiger partial charge in [0.05, 0.1) is 23.1 Å². The average molecular weight is 448 g/mol. The summed E-state index contributed by atoms with van der Waals surface area (Å²) >= 11 is 1.36. The third-order valence-electron chi connectivity index (χ3n) is 6.03. The predicted octanol–water partition coefficient (Wildman–Crippen LogP) is 2.71. The number of carbonyl (C=O) groups excluding carboxylic acids is 2. The first-order chi connectivity index (χ1) is 14.1. The zero-order valence-corrected chi connectivity index (χ0v) is 18.9. The number of amides is 2. The van der Waals surface area contributed by atoms with Gasteiger partial charge in [-0.3, -0.25) is 9.59 Å².